The molecule has 1 saturated heterocycles. The Morgan fingerprint density at radius 2 is 2.37 bits per heavy atom. The Hall–Kier alpha value is -1.60. The first-order chi connectivity index (χ1) is 9.08. The van der Waals surface area contributed by atoms with Crippen molar-refractivity contribution in [3.63, 3.8) is 0 Å². The third-order valence-corrected chi connectivity index (χ3v) is 4.04. The number of carbonyl (C=O) groups is 1. The minimum Gasteiger partial charge on any atom is -0.478 e. The van der Waals surface area contributed by atoms with Gasteiger partial charge in [0, 0.05) is 29.4 Å². The van der Waals surface area contributed by atoms with Crippen LogP contribution < -0.4 is 0 Å². The van der Waals surface area contributed by atoms with Crippen LogP contribution in [0.2, 0.25) is 0 Å². The molecule has 2 rings (SSSR count). The highest BCUT2D eigenvalue weighted by atomic mass is 32.2. The molecule has 0 saturated carbocycles. The van der Waals surface area contributed by atoms with Crippen molar-refractivity contribution in [1.29, 1.82) is 0 Å². The third-order valence-electron chi connectivity index (χ3n) is 2.86. The second-order valence-corrected chi connectivity index (χ2v) is 5.25. The number of nitro benzene ring substituents is 1. The highest BCUT2D eigenvalue weighted by Gasteiger charge is 2.19. The van der Waals surface area contributed by atoms with Crippen LogP contribution in [0.25, 0.3) is 0 Å². The van der Waals surface area contributed by atoms with Gasteiger partial charge in [0.25, 0.3) is 5.69 Å². The van der Waals surface area contributed by atoms with Gasteiger partial charge in [-0.3, -0.25) is 10.1 Å². The number of non-ortho nitro benzene ring substituents is 1. The van der Waals surface area contributed by atoms with Crippen molar-refractivity contribution in [2.24, 2.45) is 0 Å². The molecule has 0 aliphatic carbocycles. The van der Waals surface area contributed by atoms with Gasteiger partial charge in [0.2, 0.25) is 0 Å². The van der Waals surface area contributed by atoms with Crippen molar-refractivity contribution in [2.45, 2.75) is 23.8 Å². The van der Waals surface area contributed by atoms with Crippen molar-refractivity contribution in [3.05, 3.63) is 33.9 Å². The van der Waals surface area contributed by atoms with Crippen LogP contribution >= 0.6 is 11.8 Å². The van der Waals surface area contributed by atoms with Gasteiger partial charge in [0.05, 0.1) is 16.6 Å². The number of carboxylic acid groups (broad SMARTS) is 1. The van der Waals surface area contributed by atoms with Crippen LogP contribution in [0, 0.1) is 10.1 Å². The molecule has 0 aromatic heterocycles. The van der Waals surface area contributed by atoms with Gasteiger partial charge in [-0.05, 0) is 18.9 Å². The monoisotopic (exact) mass is 283 g/mol. The van der Waals surface area contributed by atoms with E-state index in [4.69, 9.17) is 9.84 Å². The van der Waals surface area contributed by atoms with Gasteiger partial charge in [-0.25, -0.2) is 4.79 Å². The summed E-state index contributed by atoms with van der Waals surface area (Å²) < 4.78 is 5.45. The lowest BCUT2D eigenvalue weighted by Crippen LogP contribution is -2.09. The summed E-state index contributed by atoms with van der Waals surface area (Å²) in [6.45, 7) is 0.728. The van der Waals surface area contributed by atoms with E-state index in [0.717, 1.165) is 19.4 Å². The van der Waals surface area contributed by atoms with Gasteiger partial charge < -0.3 is 9.84 Å². The van der Waals surface area contributed by atoms with E-state index in [9.17, 15) is 14.9 Å². The predicted octanol–water partition coefficient (Wildman–Crippen LogP) is 2.56. The van der Waals surface area contributed by atoms with Gasteiger partial charge in [-0.1, -0.05) is 0 Å². The van der Waals surface area contributed by atoms with E-state index >= 15 is 0 Å². The predicted molar refractivity (Wildman–Crippen MR) is 69.8 cm³/mol. The molecule has 1 atom stereocenters. The minimum absolute atomic E-state index is 0.0913. The molecule has 1 unspecified atom stereocenters. The fourth-order valence-corrected chi connectivity index (χ4v) is 3.02. The average molecular weight is 283 g/mol. The standard InChI is InChI=1S/C12H13NO5S/c14-12(15)10-4-3-8(13(16)17)6-11(10)19-7-9-2-1-5-18-9/h3-4,6,9H,1-2,5,7H2,(H,14,15). The summed E-state index contributed by atoms with van der Waals surface area (Å²) in [4.78, 5) is 21.7. The zero-order valence-corrected chi connectivity index (χ0v) is 10.9. The van der Waals surface area contributed by atoms with Crippen LogP contribution in [-0.2, 0) is 4.74 Å². The highest BCUT2D eigenvalue weighted by molar-refractivity contribution is 7.99. The number of carboxylic acids is 1. The van der Waals surface area contributed by atoms with Gasteiger partial charge in [-0.15, -0.1) is 11.8 Å². The number of rotatable bonds is 5. The molecule has 0 spiro atoms. The van der Waals surface area contributed by atoms with Crippen LogP contribution in [0.1, 0.15) is 23.2 Å². The lowest BCUT2D eigenvalue weighted by Gasteiger charge is -2.10. The molecule has 1 aliphatic heterocycles. The van der Waals surface area contributed by atoms with E-state index in [1.165, 1.54) is 30.0 Å². The number of thioether (sulfide) groups is 1. The summed E-state index contributed by atoms with van der Waals surface area (Å²) in [6.07, 6.45) is 2.06. The smallest absolute Gasteiger partial charge is 0.336 e. The van der Waals surface area contributed by atoms with Crippen molar-refractivity contribution >= 4 is 23.4 Å². The van der Waals surface area contributed by atoms with Crippen molar-refractivity contribution in [1.82, 2.24) is 0 Å². The molecule has 19 heavy (non-hydrogen) atoms. The maximum Gasteiger partial charge on any atom is 0.336 e. The van der Waals surface area contributed by atoms with Gasteiger partial charge in [0.1, 0.15) is 0 Å². The Balaban J connectivity index is 2.16. The molecule has 0 bridgehead atoms. The molecule has 1 N–H and O–H groups in total. The van der Waals surface area contributed by atoms with Crippen LogP contribution in [0.3, 0.4) is 0 Å². The third kappa shape index (κ3) is 3.45. The second-order valence-electron chi connectivity index (χ2n) is 4.19. The van der Waals surface area contributed by atoms with Crippen LogP contribution in [-0.4, -0.2) is 34.5 Å². The zero-order valence-electron chi connectivity index (χ0n) is 10.1. The van der Waals surface area contributed by atoms with Crippen LogP contribution in [0.15, 0.2) is 23.1 Å². The number of aromatic carboxylic acids is 1. The summed E-state index contributed by atoms with van der Waals surface area (Å²) in [5.41, 5.74) is -0.00608. The number of benzene rings is 1. The van der Waals surface area contributed by atoms with Gasteiger partial charge >= 0.3 is 5.97 Å². The molecule has 7 heteroatoms. The zero-order chi connectivity index (χ0) is 13.8. The van der Waals surface area contributed by atoms with E-state index < -0.39 is 10.9 Å². The molecule has 0 radical (unpaired) electrons. The largest absolute Gasteiger partial charge is 0.478 e. The molecular formula is C12H13NO5S. The van der Waals surface area contributed by atoms with Gasteiger partial charge in [0.15, 0.2) is 0 Å². The molecule has 102 valence electrons. The normalized spacial score (nSPS) is 18.4. The topological polar surface area (TPSA) is 89.7 Å². The molecule has 6 nitrogen and oxygen atoms in total. The van der Waals surface area contributed by atoms with Crippen molar-refractivity contribution in [3.8, 4) is 0 Å². The quantitative estimate of drug-likeness (QED) is 0.507. The Kier molecular flexibility index (Phi) is 4.39. The van der Waals surface area contributed by atoms with Crippen molar-refractivity contribution in [2.75, 3.05) is 12.4 Å². The first-order valence-corrected chi connectivity index (χ1v) is 6.82. The Morgan fingerprint density at radius 1 is 1.58 bits per heavy atom. The fourth-order valence-electron chi connectivity index (χ4n) is 1.88. The maximum atomic E-state index is 11.1. The van der Waals surface area contributed by atoms with Gasteiger partial charge in [-0.2, -0.15) is 0 Å². The first-order valence-electron chi connectivity index (χ1n) is 5.84. The van der Waals surface area contributed by atoms with E-state index in [2.05, 4.69) is 0 Å². The van der Waals surface area contributed by atoms with Crippen molar-refractivity contribution < 1.29 is 19.6 Å². The fraction of sp³-hybridized carbons (Fsp3) is 0.417. The summed E-state index contributed by atoms with van der Waals surface area (Å²) in [5.74, 6) is -0.466. The molecule has 0 amide bonds. The number of ether oxygens (including phenoxy) is 1. The lowest BCUT2D eigenvalue weighted by atomic mass is 10.2. The summed E-state index contributed by atoms with van der Waals surface area (Å²) in [5, 5.41) is 19.8. The number of nitrogens with zero attached hydrogens (tertiary/aromatic N) is 1. The van der Waals surface area contributed by atoms with Crippen LogP contribution in [0.4, 0.5) is 5.69 Å². The summed E-state index contributed by atoms with van der Waals surface area (Å²) >= 11 is 1.29. The molecule has 1 heterocycles. The molecule has 1 aromatic rings. The molecule has 1 aliphatic rings. The first kappa shape index (κ1) is 13.8. The maximum absolute atomic E-state index is 11.1. The van der Waals surface area contributed by atoms with Crippen LogP contribution in [0.5, 0.6) is 0 Å². The number of hydrogen-bond donors (Lipinski definition) is 1. The van der Waals surface area contributed by atoms with E-state index in [1.807, 2.05) is 0 Å². The lowest BCUT2D eigenvalue weighted by molar-refractivity contribution is -0.385. The molecular weight excluding hydrogens is 270 g/mol. The Bertz CT molecular complexity index is 499. The molecule has 1 aromatic carbocycles. The second kappa shape index (κ2) is 6.03. The van der Waals surface area contributed by atoms with E-state index in [0.29, 0.717) is 10.6 Å². The Labute approximate surface area is 113 Å². The summed E-state index contributed by atoms with van der Waals surface area (Å²) in [7, 11) is 0. The van der Waals surface area contributed by atoms with E-state index in [-0.39, 0.29) is 17.4 Å². The summed E-state index contributed by atoms with van der Waals surface area (Å²) in [6, 6.07) is 3.79. The number of hydrogen-bond acceptors (Lipinski definition) is 5. The van der Waals surface area contributed by atoms with E-state index in [1.54, 1.807) is 0 Å². The number of nitro groups is 1. The highest BCUT2D eigenvalue weighted by Crippen LogP contribution is 2.30. The Morgan fingerprint density at radius 3 is 2.95 bits per heavy atom. The SMILES string of the molecule is O=C(O)c1ccc([N+](=O)[O-])cc1SCC1CCCO1. The molecule has 1 fully saturated rings. The average Bonchev–Trinajstić information content (AvgIpc) is 2.88. The minimum atomic E-state index is -1.08.